The van der Waals surface area contributed by atoms with E-state index in [1.807, 2.05) is 61.6 Å². The number of nitrogens with two attached hydrogens (primary N) is 1. The monoisotopic (exact) mass is 1080 g/mol. The number of pyridine rings is 1. The van der Waals surface area contributed by atoms with E-state index in [0.29, 0.717) is 79.9 Å². The van der Waals surface area contributed by atoms with Crippen LogP contribution in [-0.4, -0.2) is 141 Å². The van der Waals surface area contributed by atoms with Gasteiger partial charge < -0.3 is 49.8 Å². The van der Waals surface area contributed by atoms with Gasteiger partial charge in [-0.1, -0.05) is 54.5 Å². The zero-order valence-electron chi connectivity index (χ0n) is 43.3. The number of β-amino-alcohol motifs (C(OH)–C–C–N with tert-alkyl or cyclic N) is 1. The van der Waals surface area contributed by atoms with E-state index in [0.717, 1.165) is 70.0 Å². The third kappa shape index (κ3) is 11.4. The maximum Gasteiger partial charge on any atom is 0.243 e. The summed E-state index contributed by atoms with van der Waals surface area (Å²) in [6, 6.07) is 8.82. The summed E-state index contributed by atoms with van der Waals surface area (Å²) in [5.41, 5.74) is 11.7. The van der Waals surface area contributed by atoms with Crippen molar-refractivity contribution < 1.29 is 33.5 Å². The average molecular weight is 1080 g/mol. The predicted molar refractivity (Wildman–Crippen MR) is 287 cm³/mol. The number of anilines is 2. The van der Waals surface area contributed by atoms with E-state index in [4.69, 9.17) is 41.3 Å². The molecule has 4 N–H and O–H groups in total. The van der Waals surface area contributed by atoms with Gasteiger partial charge in [-0.15, -0.1) is 11.3 Å². The number of hydrogen-bond acceptors (Lipinski definition) is 17. The number of amides is 3. The number of aryl methyl sites for hydroxylation is 2. The smallest absolute Gasteiger partial charge is 0.243 e. The van der Waals surface area contributed by atoms with Crippen molar-refractivity contribution in [2.75, 3.05) is 62.2 Å². The first-order valence-electron chi connectivity index (χ1n) is 26.3. The van der Waals surface area contributed by atoms with E-state index in [2.05, 4.69) is 37.2 Å². The molecule has 0 aliphatic carbocycles. The molecule has 21 heteroatoms. The normalized spacial score (nSPS) is 22.8. The molecule has 5 aliphatic heterocycles. The molecule has 5 aromatic rings. The lowest BCUT2D eigenvalue weighted by Crippen LogP contribution is -2.50. The topological polar surface area (TPSA) is 218 Å². The summed E-state index contributed by atoms with van der Waals surface area (Å²) >= 11 is 10.1. The number of aliphatic hydroxyl groups excluding tert-OH is 1. The lowest BCUT2D eigenvalue weighted by molar-refractivity contribution is -0.141. The molecule has 5 fully saturated rings. The Bertz CT molecular complexity index is 2830. The quantitative estimate of drug-likeness (QED) is 0.102. The molecule has 400 valence electrons. The number of thiazole rings is 1. The molecule has 0 radical (unpaired) electrons. The fraction of sp³-hybridized carbons (Fsp3) is 0.556. The highest BCUT2D eigenvalue weighted by atomic mass is 35.5. The van der Waals surface area contributed by atoms with Crippen molar-refractivity contribution >= 4 is 64.1 Å². The van der Waals surface area contributed by atoms with Crippen LogP contribution in [0.15, 0.2) is 68.9 Å². The Morgan fingerprint density at radius 3 is 2.41 bits per heavy atom. The van der Waals surface area contributed by atoms with Crippen molar-refractivity contribution in [1.82, 2.24) is 40.2 Å². The van der Waals surface area contributed by atoms with Crippen LogP contribution in [0.1, 0.15) is 94.3 Å². The van der Waals surface area contributed by atoms with Crippen LogP contribution >= 0.6 is 34.7 Å². The van der Waals surface area contributed by atoms with Gasteiger partial charge in [0.05, 0.1) is 58.0 Å². The minimum Gasteiger partial charge on any atom is -0.490 e. The second-order valence-electron chi connectivity index (χ2n) is 21.4. The van der Waals surface area contributed by atoms with E-state index < -0.39 is 18.1 Å². The van der Waals surface area contributed by atoms with Crippen LogP contribution in [0.25, 0.3) is 10.4 Å². The summed E-state index contributed by atoms with van der Waals surface area (Å²) < 4.78 is 18.2. The molecule has 1 aromatic carbocycles. The molecule has 5 aliphatic rings. The minimum absolute atomic E-state index is 0.0437. The van der Waals surface area contributed by atoms with Gasteiger partial charge in [0.15, 0.2) is 0 Å². The van der Waals surface area contributed by atoms with Crippen LogP contribution in [0.3, 0.4) is 0 Å². The first-order chi connectivity index (χ1) is 36.1. The molecule has 10 rings (SSSR count). The first kappa shape index (κ1) is 53.0. The number of carbonyl (C=O) groups excluding carboxylic acids is 3. The van der Waals surface area contributed by atoms with Crippen LogP contribution < -0.4 is 25.6 Å². The van der Waals surface area contributed by atoms with Crippen molar-refractivity contribution in [3.63, 3.8) is 0 Å². The van der Waals surface area contributed by atoms with Crippen molar-refractivity contribution in [1.29, 1.82) is 0 Å². The molecule has 0 unspecified atom stereocenters. The first-order valence-corrected chi connectivity index (χ1v) is 28.4. The Kier molecular flexibility index (Phi) is 16.0. The van der Waals surface area contributed by atoms with E-state index in [1.54, 1.807) is 36.7 Å². The SMILES string of the molecule is Cc1cc([C@H](C(=O)N2C[C@H](O)C[C@H]2C(=O)NCc2ccc(-c3scnc3C)cc2OC2CCN(C(=O)C3CCN(c4nccc(Sc5cnc(N6CCC7(CC6)CO[C@@H](C)[C@H]7N)cn5)c4Cl)CC3)CC2)C(C)C)on1. The van der Waals surface area contributed by atoms with Gasteiger partial charge in [-0.3, -0.25) is 14.4 Å². The Balaban J connectivity index is 0.722. The summed E-state index contributed by atoms with van der Waals surface area (Å²) in [7, 11) is 0. The number of halogens is 1. The number of nitrogens with one attached hydrogen (secondary N) is 1. The summed E-state index contributed by atoms with van der Waals surface area (Å²) in [6.45, 7) is 14.8. The molecule has 75 heavy (non-hydrogen) atoms. The van der Waals surface area contributed by atoms with Crippen LogP contribution in [0.2, 0.25) is 5.02 Å². The average Bonchev–Trinajstić information content (AvgIpc) is 4.22. The number of piperidine rings is 3. The zero-order chi connectivity index (χ0) is 52.5. The molecule has 0 saturated carbocycles. The Morgan fingerprint density at radius 1 is 0.987 bits per heavy atom. The molecule has 3 amide bonds. The standard InChI is InChI=1S/C54H68ClN11O7S2/c1-31(2)46(42-22-32(3)62-73-42)53(70)66-28-38(67)24-40(66)51(68)60-25-37-7-6-36(48-33(4)61-30-74-48)23-41(37)72-39-11-18-65(19-12-39)52(69)35-9-16-64(17-10-35)50-47(55)43(8-15-57-50)75-45-27-58-44(26-59-45)63-20-13-54(14-21-63)29-71-34(5)49(54)56/h6-8,15,22-23,26-27,30-31,34-35,38-40,46,49,67H,9-14,16-21,24-25,28-29,56H2,1-5H3,(H,60,68)/t34-,38+,40-,46+,49+/m0/s1. The van der Waals surface area contributed by atoms with Crippen LogP contribution in [0.5, 0.6) is 5.75 Å². The maximum absolute atomic E-state index is 14.0. The molecule has 18 nitrogen and oxygen atoms in total. The number of carbonyl (C=O) groups is 3. The highest BCUT2D eigenvalue weighted by Crippen LogP contribution is 2.43. The largest absolute Gasteiger partial charge is 0.490 e. The molecule has 1 spiro atoms. The molecule has 5 atom stereocenters. The number of nitrogens with zero attached hydrogens (tertiary/aromatic N) is 9. The third-order valence-electron chi connectivity index (χ3n) is 16.1. The Morgan fingerprint density at radius 2 is 1.76 bits per heavy atom. The number of ether oxygens (including phenoxy) is 2. The van der Waals surface area contributed by atoms with Gasteiger partial charge in [-0.2, -0.15) is 0 Å². The maximum atomic E-state index is 14.0. The van der Waals surface area contributed by atoms with Crippen LogP contribution in [0, 0.1) is 31.1 Å². The molecular formula is C54H68ClN11O7S2. The summed E-state index contributed by atoms with van der Waals surface area (Å²) in [5, 5.41) is 19.1. The number of benzene rings is 1. The molecular weight excluding hydrogens is 1010 g/mol. The molecule has 4 aromatic heterocycles. The van der Waals surface area contributed by atoms with Crippen molar-refractivity contribution in [3.05, 3.63) is 82.2 Å². The lowest BCUT2D eigenvalue weighted by Gasteiger charge is -2.41. The summed E-state index contributed by atoms with van der Waals surface area (Å²) in [6.07, 6.45) is 9.26. The zero-order valence-corrected chi connectivity index (χ0v) is 45.7. The van der Waals surface area contributed by atoms with E-state index >= 15 is 0 Å². The highest BCUT2D eigenvalue weighted by molar-refractivity contribution is 7.99. The van der Waals surface area contributed by atoms with Gasteiger partial charge in [-0.05, 0) is 70.1 Å². The number of rotatable bonds is 14. The van der Waals surface area contributed by atoms with E-state index in [9.17, 15) is 19.5 Å². The summed E-state index contributed by atoms with van der Waals surface area (Å²) in [4.78, 5) is 70.5. The van der Waals surface area contributed by atoms with Crippen molar-refractivity contribution in [3.8, 4) is 16.2 Å². The molecule has 5 saturated heterocycles. The number of hydrogen-bond donors (Lipinski definition) is 3. The second kappa shape index (κ2) is 22.7. The minimum atomic E-state index is -0.859. The van der Waals surface area contributed by atoms with Gasteiger partial charge in [0.1, 0.15) is 46.2 Å². The van der Waals surface area contributed by atoms with Gasteiger partial charge in [0.2, 0.25) is 17.7 Å². The molecule has 9 heterocycles. The highest BCUT2D eigenvalue weighted by Gasteiger charge is 2.48. The predicted octanol–water partition coefficient (Wildman–Crippen LogP) is 7.04. The lowest BCUT2D eigenvalue weighted by atomic mass is 9.73. The number of aromatic nitrogens is 5. The third-order valence-corrected chi connectivity index (χ3v) is 18.5. The molecule has 0 bridgehead atoms. The Labute approximate surface area is 451 Å². The van der Waals surface area contributed by atoms with Gasteiger partial charge in [-0.25, -0.2) is 19.9 Å². The fourth-order valence-corrected chi connectivity index (χ4v) is 13.5. The second-order valence-corrected chi connectivity index (χ2v) is 23.6. The summed E-state index contributed by atoms with van der Waals surface area (Å²) in [5.74, 6) is 1.29. The van der Waals surface area contributed by atoms with Crippen molar-refractivity contribution in [2.45, 2.75) is 132 Å². The van der Waals surface area contributed by atoms with Crippen LogP contribution in [-0.2, 0) is 25.7 Å². The van der Waals surface area contributed by atoms with Gasteiger partial charge >= 0.3 is 0 Å². The number of aliphatic hydroxyl groups is 1. The van der Waals surface area contributed by atoms with Gasteiger partial charge in [0.25, 0.3) is 0 Å². The van der Waals surface area contributed by atoms with E-state index in [-0.39, 0.29) is 72.7 Å². The fourth-order valence-electron chi connectivity index (χ4n) is 11.6. The van der Waals surface area contributed by atoms with E-state index in [1.165, 1.54) is 16.7 Å². The Hall–Kier alpha value is -5.38. The van der Waals surface area contributed by atoms with Crippen LogP contribution in [0.4, 0.5) is 11.6 Å². The van der Waals surface area contributed by atoms with Gasteiger partial charge in [0, 0.05) is 112 Å². The van der Waals surface area contributed by atoms with Crippen molar-refractivity contribution in [2.24, 2.45) is 23.0 Å². The number of likely N-dealkylation sites (tertiary alicyclic amines) is 2.